The molecule has 0 atom stereocenters. The first kappa shape index (κ1) is 25.1. The van der Waals surface area contributed by atoms with Gasteiger partial charge in [0.1, 0.15) is 5.02 Å². The van der Waals surface area contributed by atoms with Gasteiger partial charge in [-0.15, -0.1) is 11.3 Å². The molecule has 1 aliphatic carbocycles. The third-order valence-corrected chi connectivity index (χ3v) is 7.37. The number of rotatable bonds is 9. The van der Waals surface area contributed by atoms with E-state index >= 15 is 0 Å². The maximum atomic E-state index is 13.1. The van der Waals surface area contributed by atoms with Crippen molar-refractivity contribution in [2.24, 2.45) is 11.8 Å². The Morgan fingerprint density at radius 1 is 1.18 bits per heavy atom. The van der Waals surface area contributed by atoms with Crippen LogP contribution in [-0.4, -0.2) is 41.2 Å². The van der Waals surface area contributed by atoms with Gasteiger partial charge in [-0.1, -0.05) is 56.8 Å². The number of carbonyl (C=O) groups is 3. The summed E-state index contributed by atoms with van der Waals surface area (Å²) in [6.45, 7) is 3.70. The smallest absolute Gasteiger partial charge is 0.349 e. The van der Waals surface area contributed by atoms with Crippen molar-refractivity contribution < 1.29 is 29.3 Å². The number of ether oxygens (including phenoxy) is 1. The van der Waals surface area contributed by atoms with E-state index in [-0.39, 0.29) is 27.5 Å². The van der Waals surface area contributed by atoms with Crippen LogP contribution < -0.4 is 9.64 Å². The fourth-order valence-electron chi connectivity index (χ4n) is 4.06. The molecule has 1 aliphatic rings. The number of halogens is 1. The van der Waals surface area contributed by atoms with Gasteiger partial charge in [0.2, 0.25) is 5.91 Å². The van der Waals surface area contributed by atoms with Crippen LogP contribution in [0.2, 0.25) is 5.02 Å². The third kappa shape index (κ3) is 6.06. The van der Waals surface area contributed by atoms with Crippen LogP contribution in [0.5, 0.6) is 5.75 Å². The van der Waals surface area contributed by atoms with Gasteiger partial charge in [0.25, 0.3) is 0 Å². The molecule has 2 N–H and O–H groups in total. The Labute approximate surface area is 201 Å². The van der Waals surface area contributed by atoms with Crippen LogP contribution in [0.15, 0.2) is 24.3 Å². The van der Waals surface area contributed by atoms with Gasteiger partial charge in [0, 0.05) is 18.2 Å². The molecule has 0 saturated heterocycles. The first-order chi connectivity index (χ1) is 15.7. The highest BCUT2D eigenvalue weighted by Crippen LogP contribution is 2.46. The van der Waals surface area contributed by atoms with Crippen LogP contribution in [0.25, 0.3) is 10.4 Å². The van der Waals surface area contributed by atoms with Gasteiger partial charge in [-0.3, -0.25) is 4.79 Å². The maximum absolute atomic E-state index is 13.1. The Morgan fingerprint density at radius 3 is 2.48 bits per heavy atom. The molecule has 33 heavy (non-hydrogen) atoms. The second-order valence-electron chi connectivity index (χ2n) is 8.55. The van der Waals surface area contributed by atoms with Gasteiger partial charge >= 0.3 is 11.9 Å². The van der Waals surface area contributed by atoms with E-state index in [1.54, 1.807) is 12.1 Å². The Morgan fingerprint density at radius 2 is 1.88 bits per heavy atom. The molecule has 2 aromatic rings. The molecule has 1 fully saturated rings. The zero-order valence-electron chi connectivity index (χ0n) is 18.7. The van der Waals surface area contributed by atoms with Gasteiger partial charge in [-0.25, -0.2) is 9.59 Å². The van der Waals surface area contributed by atoms with Crippen molar-refractivity contribution in [2.75, 3.05) is 18.1 Å². The van der Waals surface area contributed by atoms with Crippen molar-refractivity contribution in [3.8, 4) is 16.2 Å². The number of benzene rings is 1. The lowest BCUT2D eigenvalue weighted by Gasteiger charge is -2.31. The number of aliphatic carboxylic acids is 1. The van der Waals surface area contributed by atoms with Crippen LogP contribution in [0.1, 0.15) is 55.6 Å². The summed E-state index contributed by atoms with van der Waals surface area (Å²) in [4.78, 5) is 37.8. The fraction of sp³-hybridized carbons (Fsp3) is 0.458. The van der Waals surface area contributed by atoms with Crippen molar-refractivity contribution in [1.82, 2.24) is 0 Å². The number of hydrogen-bond acceptors (Lipinski definition) is 5. The predicted molar refractivity (Wildman–Crippen MR) is 129 cm³/mol. The molecule has 0 spiro atoms. The molecule has 1 amide bonds. The molecular formula is C24H28ClNO6S. The molecule has 0 radical (unpaired) electrons. The summed E-state index contributed by atoms with van der Waals surface area (Å²) in [5, 5.41) is 18.5. The van der Waals surface area contributed by atoms with Crippen LogP contribution in [-0.2, 0) is 9.59 Å². The summed E-state index contributed by atoms with van der Waals surface area (Å²) in [6.07, 6.45) is 5.79. The van der Waals surface area contributed by atoms with Crippen molar-refractivity contribution in [1.29, 1.82) is 0 Å². The summed E-state index contributed by atoms with van der Waals surface area (Å²) >= 11 is 7.36. The number of thiophene rings is 1. The Hall–Kier alpha value is -2.58. The standard InChI is InChI=1S/C24H28ClNO6S/c1-14(2)23(29)26(12-15-7-4-3-5-8-15)17-10-6-9-16(11-17)21-19(25)20(32-13-18(27)28)22(33-21)24(30)31/h6,9-11,14-15H,3-5,7-8,12-13H2,1-2H3,(H,27,28)(H,30,31). The second-order valence-corrected chi connectivity index (χ2v) is 9.95. The largest absolute Gasteiger partial charge is 0.479 e. The Bertz CT molecular complexity index is 1030. The number of anilines is 1. The molecule has 3 rings (SSSR count). The SMILES string of the molecule is CC(C)C(=O)N(CC1CCCCC1)c1cccc(-c2sc(C(=O)O)c(OCC(=O)O)c2Cl)c1. The van der Waals surface area contributed by atoms with Gasteiger partial charge in [-0.2, -0.15) is 0 Å². The summed E-state index contributed by atoms with van der Waals surface area (Å²) < 4.78 is 5.17. The van der Waals surface area contributed by atoms with E-state index in [0.717, 1.165) is 29.9 Å². The topological polar surface area (TPSA) is 104 Å². The number of nitrogens with zero attached hydrogens (tertiary/aromatic N) is 1. The van der Waals surface area contributed by atoms with Crippen molar-refractivity contribution in [2.45, 2.75) is 46.0 Å². The quantitative estimate of drug-likeness (QED) is 0.457. The molecule has 1 heterocycles. The lowest BCUT2D eigenvalue weighted by molar-refractivity contribution is -0.139. The molecular weight excluding hydrogens is 466 g/mol. The molecule has 0 unspecified atom stereocenters. The average Bonchev–Trinajstić information content (AvgIpc) is 3.12. The van der Waals surface area contributed by atoms with Gasteiger partial charge in [0.15, 0.2) is 17.2 Å². The van der Waals surface area contributed by atoms with Crippen molar-refractivity contribution in [3.63, 3.8) is 0 Å². The fourth-order valence-corrected chi connectivity index (χ4v) is 5.46. The van der Waals surface area contributed by atoms with E-state index in [0.29, 0.717) is 22.9 Å². The van der Waals surface area contributed by atoms with E-state index in [9.17, 15) is 19.5 Å². The lowest BCUT2D eigenvalue weighted by Crippen LogP contribution is -2.38. The van der Waals surface area contributed by atoms with Crippen molar-refractivity contribution in [3.05, 3.63) is 34.2 Å². The molecule has 178 valence electrons. The minimum absolute atomic E-state index is 0.0340. The summed E-state index contributed by atoms with van der Waals surface area (Å²) in [5.41, 5.74) is 1.37. The number of carbonyl (C=O) groups excluding carboxylic acids is 1. The monoisotopic (exact) mass is 493 g/mol. The molecule has 1 aromatic carbocycles. The number of aromatic carboxylic acids is 1. The van der Waals surface area contributed by atoms with Crippen LogP contribution in [0, 0.1) is 11.8 Å². The highest BCUT2D eigenvalue weighted by atomic mass is 35.5. The summed E-state index contributed by atoms with van der Waals surface area (Å²) in [5.74, 6) is -2.33. The van der Waals surface area contributed by atoms with Gasteiger partial charge in [0.05, 0.1) is 4.88 Å². The second kappa shape index (κ2) is 11.0. The Kier molecular flexibility index (Phi) is 8.37. The highest BCUT2D eigenvalue weighted by molar-refractivity contribution is 7.18. The van der Waals surface area contributed by atoms with Crippen LogP contribution in [0.3, 0.4) is 0 Å². The summed E-state index contributed by atoms with van der Waals surface area (Å²) in [6, 6.07) is 7.29. The maximum Gasteiger partial charge on any atom is 0.349 e. The molecule has 0 aliphatic heterocycles. The molecule has 1 aromatic heterocycles. The zero-order valence-corrected chi connectivity index (χ0v) is 20.2. The van der Waals surface area contributed by atoms with E-state index in [4.69, 9.17) is 21.4 Å². The van der Waals surface area contributed by atoms with Gasteiger partial charge in [-0.05, 0) is 36.5 Å². The van der Waals surface area contributed by atoms with E-state index in [1.807, 2.05) is 30.9 Å². The third-order valence-electron chi connectivity index (χ3n) is 5.69. The minimum Gasteiger partial charge on any atom is -0.479 e. The highest BCUT2D eigenvalue weighted by Gasteiger charge is 2.27. The number of amides is 1. The molecule has 1 saturated carbocycles. The normalized spacial score (nSPS) is 14.3. The lowest BCUT2D eigenvalue weighted by atomic mass is 9.88. The summed E-state index contributed by atoms with van der Waals surface area (Å²) in [7, 11) is 0. The predicted octanol–water partition coefficient (Wildman–Crippen LogP) is 5.80. The Balaban J connectivity index is 1.98. The van der Waals surface area contributed by atoms with Gasteiger partial charge < -0.3 is 19.8 Å². The van der Waals surface area contributed by atoms with Crippen LogP contribution in [0.4, 0.5) is 5.69 Å². The van der Waals surface area contributed by atoms with E-state index < -0.39 is 18.5 Å². The first-order valence-corrected chi connectivity index (χ1v) is 12.2. The minimum atomic E-state index is -1.25. The molecule has 7 nitrogen and oxygen atoms in total. The zero-order chi connectivity index (χ0) is 24.1. The van der Waals surface area contributed by atoms with E-state index in [1.165, 1.54) is 19.3 Å². The first-order valence-electron chi connectivity index (χ1n) is 11.0. The number of hydrogen-bond donors (Lipinski definition) is 2. The average molecular weight is 494 g/mol. The number of carboxylic acid groups (broad SMARTS) is 2. The molecule has 0 bridgehead atoms. The van der Waals surface area contributed by atoms with Crippen LogP contribution >= 0.6 is 22.9 Å². The van der Waals surface area contributed by atoms with Crippen molar-refractivity contribution >= 4 is 46.5 Å². The van der Waals surface area contributed by atoms with E-state index in [2.05, 4.69) is 0 Å². The molecule has 9 heteroatoms. The number of carboxylic acids is 2.